The van der Waals surface area contributed by atoms with Crippen LogP contribution in [0.5, 0.6) is 0 Å². The van der Waals surface area contributed by atoms with Crippen molar-refractivity contribution in [1.29, 1.82) is 0 Å². The molecule has 4 nitrogen and oxygen atoms in total. The van der Waals surface area contributed by atoms with Gasteiger partial charge in [-0.15, -0.1) is 0 Å². The zero-order chi connectivity index (χ0) is 15.6. The summed E-state index contributed by atoms with van der Waals surface area (Å²) in [7, 11) is -3.81. The number of benzene rings is 2. The minimum atomic E-state index is -3.81. The van der Waals surface area contributed by atoms with Crippen molar-refractivity contribution in [2.24, 2.45) is 0 Å². The molecular formula is C17H15NO3S. The van der Waals surface area contributed by atoms with E-state index in [1.807, 2.05) is 24.3 Å². The third kappa shape index (κ3) is 2.94. The van der Waals surface area contributed by atoms with Gasteiger partial charge in [-0.3, -0.25) is 4.79 Å². The number of nitrogens with one attached hydrogen (secondary N) is 1. The van der Waals surface area contributed by atoms with Gasteiger partial charge in [-0.1, -0.05) is 42.5 Å². The molecule has 0 aliphatic heterocycles. The molecule has 22 heavy (non-hydrogen) atoms. The molecule has 0 fully saturated rings. The van der Waals surface area contributed by atoms with Gasteiger partial charge in [0.2, 0.25) is 0 Å². The van der Waals surface area contributed by atoms with Crippen LogP contribution in [0.15, 0.2) is 59.5 Å². The average Bonchev–Trinajstić information content (AvgIpc) is 2.55. The lowest BCUT2D eigenvalue weighted by Gasteiger charge is -2.17. The predicted octanol–water partition coefficient (Wildman–Crippen LogP) is 2.73. The Balaban J connectivity index is 1.86. The van der Waals surface area contributed by atoms with Crippen molar-refractivity contribution in [2.45, 2.75) is 12.8 Å². The van der Waals surface area contributed by atoms with Crippen molar-refractivity contribution in [3.05, 3.63) is 76.2 Å². The van der Waals surface area contributed by atoms with Gasteiger partial charge in [-0.05, 0) is 42.2 Å². The fraction of sp³-hybridized carbons (Fsp3) is 0.118. The van der Waals surface area contributed by atoms with Crippen LogP contribution in [0.2, 0.25) is 0 Å². The number of rotatable bonds is 3. The number of carbonyl (C=O) groups excluding carboxylic acids is 1. The fourth-order valence-corrected chi connectivity index (χ4v) is 3.60. The van der Waals surface area contributed by atoms with Crippen LogP contribution in [-0.2, 0) is 16.4 Å². The molecule has 2 aromatic rings. The Morgan fingerprint density at radius 1 is 0.909 bits per heavy atom. The first-order valence-electron chi connectivity index (χ1n) is 6.97. The minimum Gasteiger partial charge on any atom is -0.268 e. The van der Waals surface area contributed by atoms with Gasteiger partial charge in [0.05, 0.1) is 4.91 Å². The quantitative estimate of drug-likeness (QED) is 0.947. The molecular weight excluding hydrogens is 298 g/mol. The fourth-order valence-electron chi connectivity index (χ4n) is 2.45. The number of aryl methyl sites for hydroxylation is 1. The minimum absolute atomic E-state index is 0.246. The van der Waals surface area contributed by atoms with E-state index in [1.165, 1.54) is 0 Å². The van der Waals surface area contributed by atoms with Crippen LogP contribution in [0, 0.1) is 0 Å². The monoisotopic (exact) mass is 313 g/mol. The van der Waals surface area contributed by atoms with Crippen molar-refractivity contribution in [1.82, 2.24) is 4.72 Å². The molecule has 0 radical (unpaired) electrons. The number of sulfonamides is 1. The largest absolute Gasteiger partial charge is 0.268 e. The van der Waals surface area contributed by atoms with E-state index < -0.39 is 15.9 Å². The first-order valence-corrected chi connectivity index (χ1v) is 8.45. The summed E-state index contributed by atoms with van der Waals surface area (Å²) in [4.78, 5) is 12.3. The van der Waals surface area contributed by atoms with E-state index in [0.717, 1.165) is 11.1 Å². The molecule has 0 unspecified atom stereocenters. The van der Waals surface area contributed by atoms with Gasteiger partial charge >= 0.3 is 0 Å². The smallest absolute Gasteiger partial charge is 0.264 e. The highest BCUT2D eigenvalue weighted by atomic mass is 32.2. The van der Waals surface area contributed by atoms with Gasteiger partial charge in [0.1, 0.15) is 0 Å². The molecule has 2 aromatic carbocycles. The van der Waals surface area contributed by atoms with Crippen LogP contribution in [0.1, 0.15) is 27.9 Å². The predicted molar refractivity (Wildman–Crippen MR) is 85.6 cm³/mol. The molecule has 1 amide bonds. The second-order valence-electron chi connectivity index (χ2n) is 5.11. The van der Waals surface area contributed by atoms with Crippen molar-refractivity contribution in [2.75, 3.05) is 0 Å². The van der Waals surface area contributed by atoms with E-state index in [1.54, 1.807) is 36.4 Å². The van der Waals surface area contributed by atoms with E-state index in [-0.39, 0.29) is 4.91 Å². The zero-order valence-corrected chi connectivity index (χ0v) is 12.6. The highest BCUT2D eigenvalue weighted by Crippen LogP contribution is 2.26. The molecule has 0 saturated carbocycles. The summed E-state index contributed by atoms with van der Waals surface area (Å²) in [5, 5.41) is 0. The molecule has 1 N–H and O–H groups in total. The first-order chi connectivity index (χ1) is 10.6. The van der Waals surface area contributed by atoms with Gasteiger partial charge in [0.15, 0.2) is 0 Å². The van der Waals surface area contributed by atoms with Crippen molar-refractivity contribution in [3.8, 4) is 0 Å². The molecule has 0 spiro atoms. The summed E-state index contributed by atoms with van der Waals surface area (Å²) in [5.41, 5.74) is 2.33. The maximum atomic E-state index is 12.4. The van der Waals surface area contributed by atoms with E-state index in [9.17, 15) is 13.2 Å². The number of carbonyl (C=O) groups is 1. The summed E-state index contributed by atoms with van der Waals surface area (Å²) in [5.74, 6) is -0.611. The van der Waals surface area contributed by atoms with Crippen LogP contribution >= 0.6 is 0 Å². The normalized spacial score (nSPS) is 13.9. The van der Waals surface area contributed by atoms with Gasteiger partial charge in [0.25, 0.3) is 15.9 Å². The number of hydrogen-bond donors (Lipinski definition) is 1. The summed E-state index contributed by atoms with van der Waals surface area (Å²) in [6.45, 7) is 0. The maximum Gasteiger partial charge on any atom is 0.264 e. The standard InChI is InChI=1S/C17H15NO3S/c19-17(14-7-2-1-3-8-14)18-22(20,21)16-11-10-13-6-4-5-9-15(13)12-16/h1-9,12H,10-11H2,(H,18,19). The van der Waals surface area contributed by atoms with E-state index in [4.69, 9.17) is 0 Å². The number of allylic oxidation sites excluding steroid dienone is 1. The SMILES string of the molecule is O=C(NS(=O)(=O)C1=Cc2ccccc2CC1)c1ccccc1. The van der Waals surface area contributed by atoms with Crippen LogP contribution in [0.25, 0.3) is 6.08 Å². The zero-order valence-electron chi connectivity index (χ0n) is 11.8. The van der Waals surface area contributed by atoms with Crippen LogP contribution in [0.3, 0.4) is 0 Å². The molecule has 0 heterocycles. The Bertz CT molecular complexity index is 839. The number of amides is 1. The molecule has 0 aromatic heterocycles. The Morgan fingerprint density at radius 3 is 2.36 bits per heavy atom. The maximum absolute atomic E-state index is 12.4. The lowest BCUT2D eigenvalue weighted by atomic mass is 9.98. The molecule has 1 aliphatic rings. The second kappa shape index (κ2) is 5.77. The topological polar surface area (TPSA) is 63.2 Å². The molecule has 5 heteroatoms. The molecule has 112 valence electrons. The van der Waals surface area contributed by atoms with Gasteiger partial charge < -0.3 is 0 Å². The molecule has 0 bridgehead atoms. The van der Waals surface area contributed by atoms with E-state index in [2.05, 4.69) is 4.72 Å². The lowest BCUT2D eigenvalue weighted by Crippen LogP contribution is -2.32. The third-order valence-electron chi connectivity index (χ3n) is 3.62. The van der Waals surface area contributed by atoms with Gasteiger partial charge in [0, 0.05) is 5.56 Å². The second-order valence-corrected chi connectivity index (χ2v) is 6.85. The molecule has 0 saturated heterocycles. The summed E-state index contributed by atoms with van der Waals surface area (Å²) >= 11 is 0. The summed E-state index contributed by atoms with van der Waals surface area (Å²) in [6.07, 6.45) is 2.69. The molecule has 0 atom stereocenters. The van der Waals surface area contributed by atoms with Crippen molar-refractivity contribution >= 4 is 22.0 Å². The summed E-state index contributed by atoms with van der Waals surface area (Å²) < 4.78 is 26.9. The number of hydrogen-bond acceptors (Lipinski definition) is 3. The molecule has 3 rings (SSSR count). The van der Waals surface area contributed by atoms with E-state index >= 15 is 0 Å². The van der Waals surface area contributed by atoms with Crippen LogP contribution < -0.4 is 4.72 Å². The third-order valence-corrected chi connectivity index (χ3v) is 5.09. The highest BCUT2D eigenvalue weighted by molar-refractivity contribution is 7.94. The van der Waals surface area contributed by atoms with Crippen LogP contribution in [-0.4, -0.2) is 14.3 Å². The van der Waals surface area contributed by atoms with E-state index in [0.29, 0.717) is 18.4 Å². The first kappa shape index (κ1) is 14.5. The Kier molecular flexibility index (Phi) is 3.81. The van der Waals surface area contributed by atoms with Gasteiger partial charge in [-0.25, -0.2) is 13.1 Å². The lowest BCUT2D eigenvalue weighted by molar-refractivity contribution is 0.0981. The summed E-state index contributed by atoms with van der Waals surface area (Å²) in [6, 6.07) is 16.0. The number of fused-ring (bicyclic) bond motifs is 1. The van der Waals surface area contributed by atoms with Gasteiger partial charge in [-0.2, -0.15) is 0 Å². The van der Waals surface area contributed by atoms with Crippen molar-refractivity contribution in [3.63, 3.8) is 0 Å². The van der Waals surface area contributed by atoms with Crippen LogP contribution in [0.4, 0.5) is 0 Å². The Labute approximate surface area is 129 Å². The molecule has 1 aliphatic carbocycles. The Morgan fingerprint density at radius 2 is 1.59 bits per heavy atom. The van der Waals surface area contributed by atoms with Crippen molar-refractivity contribution < 1.29 is 13.2 Å². The highest BCUT2D eigenvalue weighted by Gasteiger charge is 2.24. The Hall–Kier alpha value is -2.40. The average molecular weight is 313 g/mol.